The number of pyridine rings is 1. The van der Waals surface area contributed by atoms with Crippen LogP contribution in [0.25, 0.3) is 22.5 Å². The fourth-order valence-electron chi connectivity index (χ4n) is 3.71. The first kappa shape index (κ1) is 19.6. The number of aromatic nitrogens is 3. The Kier molecular flexibility index (Phi) is 5.92. The number of hydrogen-bond donors (Lipinski definition) is 1. The zero-order valence-electron chi connectivity index (χ0n) is 16.4. The van der Waals surface area contributed by atoms with Gasteiger partial charge in [-0.3, -0.25) is 9.78 Å². The van der Waals surface area contributed by atoms with Crippen LogP contribution < -0.4 is 5.32 Å². The molecule has 3 aromatic rings. The van der Waals surface area contributed by atoms with E-state index in [1.54, 1.807) is 18.7 Å². The van der Waals surface area contributed by atoms with Gasteiger partial charge in [0.1, 0.15) is 6.54 Å². The van der Waals surface area contributed by atoms with Gasteiger partial charge in [-0.05, 0) is 57.2 Å². The maximum atomic E-state index is 12.7. The minimum absolute atomic E-state index is 0.00918. The standard InChI is InChI=1S/C22H24ClN5O/c1-27-12-8-19(9-13-27)26-20(29)14-28-15-25-21(16-2-4-18(23)5-3-16)22(28)17-6-10-24-11-7-17/h2-7,10-11,15,19H,8-9,12-14H2,1H3,(H,26,29). The van der Waals surface area contributed by atoms with Gasteiger partial charge in [-0.2, -0.15) is 0 Å². The second-order valence-corrected chi connectivity index (χ2v) is 7.89. The number of piperidine rings is 1. The molecule has 3 heterocycles. The predicted octanol–water partition coefficient (Wildman–Crippen LogP) is 3.48. The van der Waals surface area contributed by atoms with Crippen molar-refractivity contribution in [3.05, 3.63) is 60.1 Å². The molecule has 150 valence electrons. The largest absolute Gasteiger partial charge is 0.352 e. The van der Waals surface area contributed by atoms with Gasteiger partial charge in [-0.15, -0.1) is 0 Å². The van der Waals surface area contributed by atoms with Crippen LogP contribution >= 0.6 is 11.6 Å². The lowest BCUT2D eigenvalue weighted by Gasteiger charge is -2.29. The summed E-state index contributed by atoms with van der Waals surface area (Å²) in [6.45, 7) is 2.25. The first-order chi connectivity index (χ1) is 14.1. The van der Waals surface area contributed by atoms with Crippen LogP contribution in [-0.2, 0) is 11.3 Å². The predicted molar refractivity (Wildman–Crippen MR) is 115 cm³/mol. The van der Waals surface area contributed by atoms with Crippen molar-refractivity contribution in [2.24, 2.45) is 0 Å². The monoisotopic (exact) mass is 409 g/mol. The van der Waals surface area contributed by atoms with Gasteiger partial charge in [0.2, 0.25) is 5.91 Å². The van der Waals surface area contributed by atoms with E-state index in [-0.39, 0.29) is 18.5 Å². The van der Waals surface area contributed by atoms with Gasteiger partial charge in [0.05, 0.1) is 17.7 Å². The Bertz CT molecular complexity index is 963. The number of amides is 1. The van der Waals surface area contributed by atoms with Crippen molar-refractivity contribution in [1.82, 2.24) is 24.8 Å². The van der Waals surface area contributed by atoms with Crippen molar-refractivity contribution < 1.29 is 4.79 Å². The molecule has 1 aromatic carbocycles. The summed E-state index contributed by atoms with van der Waals surface area (Å²) in [5.74, 6) is 0.00918. The molecule has 29 heavy (non-hydrogen) atoms. The maximum absolute atomic E-state index is 12.7. The Morgan fingerprint density at radius 3 is 2.48 bits per heavy atom. The van der Waals surface area contributed by atoms with Gasteiger partial charge < -0.3 is 14.8 Å². The highest BCUT2D eigenvalue weighted by Crippen LogP contribution is 2.31. The molecule has 1 fully saturated rings. The van der Waals surface area contributed by atoms with Crippen LogP contribution in [-0.4, -0.2) is 51.5 Å². The van der Waals surface area contributed by atoms with E-state index < -0.39 is 0 Å². The SMILES string of the molecule is CN1CCC(NC(=O)Cn2cnc(-c3ccc(Cl)cc3)c2-c2ccncc2)CC1. The molecule has 4 rings (SSSR count). The number of carbonyl (C=O) groups excluding carboxylic acids is 1. The number of benzene rings is 1. The third-order valence-corrected chi connectivity index (χ3v) is 5.56. The summed E-state index contributed by atoms with van der Waals surface area (Å²) in [5.41, 5.74) is 3.64. The molecule has 1 aliphatic rings. The van der Waals surface area contributed by atoms with E-state index in [9.17, 15) is 4.79 Å². The zero-order valence-corrected chi connectivity index (χ0v) is 17.1. The smallest absolute Gasteiger partial charge is 0.240 e. The first-order valence-corrected chi connectivity index (χ1v) is 10.2. The van der Waals surface area contributed by atoms with Gasteiger partial charge in [-0.1, -0.05) is 23.7 Å². The number of nitrogens with one attached hydrogen (secondary N) is 1. The van der Waals surface area contributed by atoms with E-state index in [4.69, 9.17) is 11.6 Å². The quantitative estimate of drug-likeness (QED) is 0.700. The highest BCUT2D eigenvalue weighted by molar-refractivity contribution is 6.30. The topological polar surface area (TPSA) is 63.1 Å². The number of likely N-dealkylation sites (tertiary alicyclic amines) is 1. The molecule has 0 atom stereocenters. The summed E-state index contributed by atoms with van der Waals surface area (Å²) < 4.78 is 1.91. The molecule has 1 amide bonds. The maximum Gasteiger partial charge on any atom is 0.240 e. The van der Waals surface area contributed by atoms with Crippen molar-refractivity contribution in [3.8, 4) is 22.5 Å². The van der Waals surface area contributed by atoms with Crippen LogP contribution in [0, 0.1) is 0 Å². The van der Waals surface area contributed by atoms with E-state index in [1.165, 1.54) is 0 Å². The summed E-state index contributed by atoms with van der Waals surface area (Å²) in [6.07, 6.45) is 7.20. The number of rotatable bonds is 5. The minimum atomic E-state index is 0.00918. The Morgan fingerprint density at radius 2 is 1.79 bits per heavy atom. The van der Waals surface area contributed by atoms with E-state index in [2.05, 4.69) is 27.2 Å². The molecule has 2 aromatic heterocycles. The Labute approximate surface area is 175 Å². The van der Waals surface area contributed by atoms with Crippen molar-refractivity contribution in [3.63, 3.8) is 0 Å². The number of nitrogens with zero attached hydrogens (tertiary/aromatic N) is 4. The van der Waals surface area contributed by atoms with Gasteiger partial charge in [0.15, 0.2) is 0 Å². The summed E-state index contributed by atoms with van der Waals surface area (Å²) in [5, 5.41) is 3.86. The summed E-state index contributed by atoms with van der Waals surface area (Å²) in [6, 6.07) is 11.7. The molecule has 1 saturated heterocycles. The Morgan fingerprint density at radius 1 is 1.10 bits per heavy atom. The molecular weight excluding hydrogens is 386 g/mol. The zero-order chi connectivity index (χ0) is 20.2. The number of carbonyl (C=O) groups is 1. The fraction of sp³-hybridized carbons (Fsp3) is 0.318. The average Bonchev–Trinajstić information content (AvgIpc) is 3.14. The first-order valence-electron chi connectivity index (χ1n) is 9.79. The lowest BCUT2D eigenvalue weighted by atomic mass is 10.1. The summed E-state index contributed by atoms with van der Waals surface area (Å²) in [7, 11) is 2.11. The van der Waals surface area contributed by atoms with Crippen molar-refractivity contribution in [2.75, 3.05) is 20.1 Å². The van der Waals surface area contributed by atoms with Crippen molar-refractivity contribution in [1.29, 1.82) is 0 Å². The summed E-state index contributed by atoms with van der Waals surface area (Å²) >= 11 is 6.04. The van der Waals surface area contributed by atoms with Crippen molar-refractivity contribution >= 4 is 17.5 Å². The normalized spacial score (nSPS) is 15.4. The molecule has 0 unspecified atom stereocenters. The molecule has 0 saturated carbocycles. The van der Waals surface area contributed by atoms with E-state index >= 15 is 0 Å². The number of imidazole rings is 1. The highest BCUT2D eigenvalue weighted by atomic mass is 35.5. The molecule has 0 radical (unpaired) electrons. The molecule has 0 bridgehead atoms. The highest BCUT2D eigenvalue weighted by Gasteiger charge is 2.21. The fourth-order valence-corrected chi connectivity index (χ4v) is 3.84. The second-order valence-electron chi connectivity index (χ2n) is 7.46. The number of halogens is 1. The van der Waals surface area contributed by atoms with Crippen LogP contribution in [0.2, 0.25) is 5.02 Å². The molecule has 6 nitrogen and oxygen atoms in total. The minimum Gasteiger partial charge on any atom is -0.352 e. The third kappa shape index (κ3) is 4.66. The van der Waals surface area contributed by atoms with Crippen LogP contribution in [0.1, 0.15) is 12.8 Å². The van der Waals surface area contributed by atoms with E-state index in [0.717, 1.165) is 48.4 Å². The number of hydrogen-bond acceptors (Lipinski definition) is 4. The van der Waals surface area contributed by atoms with Crippen LogP contribution in [0.4, 0.5) is 0 Å². The molecule has 7 heteroatoms. The molecular formula is C22H24ClN5O. The average molecular weight is 410 g/mol. The Hall–Kier alpha value is -2.70. The van der Waals surface area contributed by atoms with Gasteiger partial charge in [-0.25, -0.2) is 4.98 Å². The van der Waals surface area contributed by atoms with Crippen molar-refractivity contribution in [2.45, 2.75) is 25.4 Å². The van der Waals surface area contributed by atoms with E-state index in [1.807, 2.05) is 41.0 Å². The molecule has 0 spiro atoms. The van der Waals surface area contributed by atoms with Crippen LogP contribution in [0.5, 0.6) is 0 Å². The summed E-state index contributed by atoms with van der Waals surface area (Å²) in [4.78, 5) is 23.8. The van der Waals surface area contributed by atoms with Gasteiger partial charge >= 0.3 is 0 Å². The lowest BCUT2D eigenvalue weighted by Crippen LogP contribution is -2.44. The lowest BCUT2D eigenvalue weighted by molar-refractivity contribution is -0.122. The van der Waals surface area contributed by atoms with Gasteiger partial charge in [0, 0.05) is 34.6 Å². The third-order valence-electron chi connectivity index (χ3n) is 5.31. The second kappa shape index (κ2) is 8.76. The van der Waals surface area contributed by atoms with Crippen LogP contribution in [0.15, 0.2) is 55.1 Å². The van der Waals surface area contributed by atoms with E-state index in [0.29, 0.717) is 5.02 Å². The molecule has 1 N–H and O–H groups in total. The van der Waals surface area contributed by atoms with Crippen LogP contribution in [0.3, 0.4) is 0 Å². The Balaban J connectivity index is 1.60. The van der Waals surface area contributed by atoms with Gasteiger partial charge in [0.25, 0.3) is 0 Å². The molecule has 1 aliphatic heterocycles. The molecule has 0 aliphatic carbocycles.